The molecule has 0 amide bonds. The molecule has 0 bridgehead atoms. The number of nitrogen functional groups attached to an aromatic ring is 1. The summed E-state index contributed by atoms with van der Waals surface area (Å²) in [5, 5.41) is 5.59. The number of benzene rings is 1. The molecule has 0 aliphatic carbocycles. The molecule has 0 spiro atoms. The van der Waals surface area contributed by atoms with Crippen molar-refractivity contribution in [2.75, 3.05) is 43.8 Å². The lowest BCUT2D eigenvalue weighted by molar-refractivity contribution is -0.0191. The zero-order chi connectivity index (χ0) is 14.7. The minimum absolute atomic E-state index is 0.230. The minimum Gasteiger partial charge on any atom is -0.398 e. The normalized spacial score (nSPS) is 19.8. The summed E-state index contributed by atoms with van der Waals surface area (Å²) >= 11 is 0. The number of anilines is 2. The van der Waals surface area contributed by atoms with Gasteiger partial charge in [-0.05, 0) is 24.7 Å². The van der Waals surface area contributed by atoms with Crippen molar-refractivity contribution in [3.8, 4) is 0 Å². The molecule has 3 rings (SSSR count). The highest BCUT2D eigenvalue weighted by Crippen LogP contribution is 2.27. The molecule has 1 aromatic carbocycles. The standard InChI is InChI=1S/C16H22N4O/c1-2-20-7-8-21-12(11-20)9-19-16-4-3-15(17)14-10-18-6-5-13(14)16/h3-6,10,12,19H,2,7-9,11,17H2,1H3. The van der Waals surface area contributed by atoms with Crippen LogP contribution in [0.4, 0.5) is 11.4 Å². The maximum atomic E-state index is 6.00. The molecule has 5 nitrogen and oxygen atoms in total. The van der Waals surface area contributed by atoms with Crippen molar-refractivity contribution in [3.63, 3.8) is 0 Å². The highest BCUT2D eigenvalue weighted by molar-refractivity contribution is 6.00. The molecule has 1 aliphatic heterocycles. The number of hydrogen-bond donors (Lipinski definition) is 2. The lowest BCUT2D eigenvalue weighted by atomic mass is 10.1. The number of rotatable bonds is 4. The van der Waals surface area contributed by atoms with Gasteiger partial charge in [-0.3, -0.25) is 9.88 Å². The van der Waals surface area contributed by atoms with E-state index in [0.29, 0.717) is 0 Å². The van der Waals surface area contributed by atoms with Gasteiger partial charge >= 0.3 is 0 Å². The quantitative estimate of drug-likeness (QED) is 0.841. The highest BCUT2D eigenvalue weighted by Gasteiger charge is 2.19. The molecule has 1 unspecified atom stereocenters. The lowest BCUT2D eigenvalue weighted by Crippen LogP contribution is -2.45. The van der Waals surface area contributed by atoms with Crippen LogP contribution in [0, 0.1) is 0 Å². The average molecular weight is 286 g/mol. The van der Waals surface area contributed by atoms with E-state index in [1.165, 1.54) is 0 Å². The van der Waals surface area contributed by atoms with Crippen LogP contribution in [-0.4, -0.2) is 48.8 Å². The molecule has 1 atom stereocenters. The Bertz CT molecular complexity index is 616. The number of likely N-dealkylation sites (N-methyl/N-ethyl adjacent to an activating group) is 1. The predicted molar refractivity (Wildman–Crippen MR) is 86.5 cm³/mol. The average Bonchev–Trinajstić information content (AvgIpc) is 2.55. The van der Waals surface area contributed by atoms with Crippen LogP contribution in [0.3, 0.4) is 0 Å². The number of hydrogen-bond acceptors (Lipinski definition) is 5. The Morgan fingerprint density at radius 1 is 1.38 bits per heavy atom. The first kappa shape index (κ1) is 14.1. The van der Waals surface area contributed by atoms with Gasteiger partial charge in [0.1, 0.15) is 0 Å². The van der Waals surface area contributed by atoms with Crippen LogP contribution in [0.5, 0.6) is 0 Å². The number of morpholine rings is 1. The molecule has 5 heteroatoms. The Balaban J connectivity index is 1.72. The van der Waals surface area contributed by atoms with Crippen LogP contribution >= 0.6 is 0 Å². The second-order valence-corrected chi connectivity index (χ2v) is 5.39. The molecule has 2 aromatic rings. The molecule has 2 heterocycles. The summed E-state index contributed by atoms with van der Waals surface area (Å²) in [6.07, 6.45) is 3.84. The van der Waals surface area contributed by atoms with Gasteiger partial charge in [0, 0.05) is 54.2 Å². The summed E-state index contributed by atoms with van der Waals surface area (Å²) in [6.45, 7) is 6.90. The first-order valence-electron chi connectivity index (χ1n) is 7.48. The van der Waals surface area contributed by atoms with Crippen LogP contribution in [0.1, 0.15) is 6.92 Å². The molecule has 1 saturated heterocycles. The second-order valence-electron chi connectivity index (χ2n) is 5.39. The van der Waals surface area contributed by atoms with E-state index >= 15 is 0 Å². The molecule has 0 radical (unpaired) electrons. The Morgan fingerprint density at radius 2 is 2.29 bits per heavy atom. The van der Waals surface area contributed by atoms with E-state index in [9.17, 15) is 0 Å². The third-order valence-corrected chi connectivity index (χ3v) is 4.04. The van der Waals surface area contributed by atoms with E-state index in [1.54, 1.807) is 6.20 Å². The second kappa shape index (κ2) is 6.28. The van der Waals surface area contributed by atoms with Crippen LogP contribution in [-0.2, 0) is 4.74 Å². The van der Waals surface area contributed by atoms with Crippen molar-refractivity contribution < 1.29 is 4.74 Å². The minimum atomic E-state index is 0.230. The van der Waals surface area contributed by atoms with Crippen molar-refractivity contribution in [1.29, 1.82) is 0 Å². The van der Waals surface area contributed by atoms with E-state index in [4.69, 9.17) is 10.5 Å². The summed E-state index contributed by atoms with van der Waals surface area (Å²) in [7, 11) is 0. The van der Waals surface area contributed by atoms with Gasteiger partial charge < -0.3 is 15.8 Å². The SMILES string of the molecule is CCN1CCOC(CNc2ccc(N)c3cnccc23)C1. The maximum Gasteiger partial charge on any atom is 0.0874 e. The Morgan fingerprint density at radius 3 is 3.14 bits per heavy atom. The number of nitrogens with two attached hydrogens (primary N) is 1. The van der Waals surface area contributed by atoms with Crippen LogP contribution in [0.15, 0.2) is 30.6 Å². The molecule has 1 aliphatic rings. The van der Waals surface area contributed by atoms with Gasteiger partial charge in [0.25, 0.3) is 0 Å². The van der Waals surface area contributed by atoms with Gasteiger partial charge in [-0.25, -0.2) is 0 Å². The largest absolute Gasteiger partial charge is 0.398 e. The molecule has 0 saturated carbocycles. The van der Waals surface area contributed by atoms with Crippen molar-refractivity contribution in [3.05, 3.63) is 30.6 Å². The number of pyridine rings is 1. The molecule has 3 N–H and O–H groups in total. The number of nitrogens with one attached hydrogen (secondary N) is 1. The monoisotopic (exact) mass is 286 g/mol. The van der Waals surface area contributed by atoms with Gasteiger partial charge in [0.05, 0.1) is 12.7 Å². The summed E-state index contributed by atoms with van der Waals surface area (Å²) in [5.41, 5.74) is 7.84. The lowest BCUT2D eigenvalue weighted by Gasteiger charge is -2.32. The zero-order valence-corrected chi connectivity index (χ0v) is 12.4. The molecule has 1 fully saturated rings. The fraction of sp³-hybridized carbons (Fsp3) is 0.438. The van der Waals surface area contributed by atoms with Crippen LogP contribution < -0.4 is 11.1 Å². The molecule has 112 valence electrons. The van der Waals surface area contributed by atoms with Gasteiger partial charge in [0.15, 0.2) is 0 Å². The van der Waals surface area contributed by atoms with Gasteiger partial charge in [0.2, 0.25) is 0 Å². The Hall–Kier alpha value is -1.85. The van der Waals surface area contributed by atoms with E-state index in [-0.39, 0.29) is 6.10 Å². The number of nitrogens with zero attached hydrogens (tertiary/aromatic N) is 2. The summed E-state index contributed by atoms with van der Waals surface area (Å²) in [6, 6.07) is 5.94. The Kier molecular flexibility index (Phi) is 4.22. The van der Waals surface area contributed by atoms with E-state index < -0.39 is 0 Å². The van der Waals surface area contributed by atoms with Gasteiger partial charge in [-0.2, -0.15) is 0 Å². The Labute approximate surface area is 125 Å². The third kappa shape index (κ3) is 3.09. The smallest absolute Gasteiger partial charge is 0.0874 e. The highest BCUT2D eigenvalue weighted by atomic mass is 16.5. The van der Waals surface area contributed by atoms with Crippen molar-refractivity contribution in [2.45, 2.75) is 13.0 Å². The van der Waals surface area contributed by atoms with Crippen LogP contribution in [0.2, 0.25) is 0 Å². The molecular formula is C16H22N4O. The fourth-order valence-corrected chi connectivity index (χ4v) is 2.78. The number of fused-ring (bicyclic) bond motifs is 1. The van der Waals surface area contributed by atoms with Crippen LogP contribution in [0.25, 0.3) is 10.8 Å². The van der Waals surface area contributed by atoms with E-state index in [0.717, 1.165) is 54.9 Å². The summed E-state index contributed by atoms with van der Waals surface area (Å²) < 4.78 is 5.83. The van der Waals surface area contributed by atoms with Crippen molar-refractivity contribution in [2.24, 2.45) is 0 Å². The molecular weight excluding hydrogens is 264 g/mol. The third-order valence-electron chi connectivity index (χ3n) is 4.04. The summed E-state index contributed by atoms with van der Waals surface area (Å²) in [4.78, 5) is 6.56. The van der Waals surface area contributed by atoms with Crippen molar-refractivity contribution in [1.82, 2.24) is 9.88 Å². The van der Waals surface area contributed by atoms with Gasteiger partial charge in [-0.15, -0.1) is 0 Å². The fourth-order valence-electron chi connectivity index (χ4n) is 2.78. The number of ether oxygens (including phenoxy) is 1. The summed E-state index contributed by atoms with van der Waals surface area (Å²) in [5.74, 6) is 0. The molecule has 21 heavy (non-hydrogen) atoms. The van der Waals surface area contributed by atoms with E-state index in [2.05, 4.69) is 22.1 Å². The first-order valence-corrected chi connectivity index (χ1v) is 7.48. The molecule has 1 aromatic heterocycles. The zero-order valence-electron chi connectivity index (χ0n) is 12.4. The maximum absolute atomic E-state index is 6.00. The van der Waals surface area contributed by atoms with Crippen molar-refractivity contribution >= 4 is 22.1 Å². The van der Waals surface area contributed by atoms with Gasteiger partial charge in [-0.1, -0.05) is 6.92 Å². The topological polar surface area (TPSA) is 63.4 Å². The van der Waals surface area contributed by atoms with E-state index in [1.807, 2.05) is 24.4 Å². The first-order chi connectivity index (χ1) is 10.3. The number of aromatic nitrogens is 1. The predicted octanol–water partition coefficient (Wildman–Crippen LogP) is 1.95.